The van der Waals surface area contributed by atoms with Gasteiger partial charge in [-0.05, 0) is 49.4 Å². The minimum atomic E-state index is 0.0610. The monoisotopic (exact) mass is 296 g/mol. The molecule has 0 unspecified atom stereocenters. The van der Waals surface area contributed by atoms with Gasteiger partial charge in [0.25, 0.3) is 5.91 Å². The maximum absolute atomic E-state index is 12.3. The number of piperidine rings is 1. The molecular formula is C15H24N2O2S. The number of ether oxygens (including phenoxy) is 1. The molecule has 20 heavy (non-hydrogen) atoms. The second-order valence-electron chi connectivity index (χ2n) is 5.49. The first-order valence-electron chi connectivity index (χ1n) is 7.25. The van der Waals surface area contributed by atoms with Crippen LogP contribution in [0.1, 0.15) is 35.0 Å². The van der Waals surface area contributed by atoms with Crippen LogP contribution in [0.2, 0.25) is 0 Å². The molecule has 0 spiro atoms. The number of carbonyl (C=O) groups excluding carboxylic acids is 1. The summed E-state index contributed by atoms with van der Waals surface area (Å²) in [7, 11) is 1.74. The van der Waals surface area contributed by atoms with E-state index in [0.29, 0.717) is 13.2 Å². The fraction of sp³-hybridized carbons (Fsp3) is 0.667. The van der Waals surface area contributed by atoms with Crippen LogP contribution in [0.15, 0.2) is 11.4 Å². The minimum Gasteiger partial charge on any atom is -0.384 e. The molecule has 2 N–H and O–H groups in total. The van der Waals surface area contributed by atoms with E-state index in [9.17, 15) is 4.79 Å². The smallest absolute Gasteiger partial charge is 0.261 e. The third-order valence-corrected chi connectivity index (χ3v) is 5.03. The third-order valence-electron chi connectivity index (χ3n) is 4.07. The van der Waals surface area contributed by atoms with Crippen molar-refractivity contribution in [1.29, 1.82) is 0 Å². The molecule has 5 heteroatoms. The zero-order valence-corrected chi connectivity index (χ0v) is 13.1. The van der Waals surface area contributed by atoms with Crippen molar-refractivity contribution in [2.24, 2.45) is 5.41 Å². The van der Waals surface area contributed by atoms with Crippen LogP contribution in [0.3, 0.4) is 0 Å². The second-order valence-corrected chi connectivity index (χ2v) is 6.41. The lowest BCUT2D eigenvalue weighted by Gasteiger charge is -2.37. The number of nitrogens with one attached hydrogen (secondary N) is 2. The molecule has 112 valence electrons. The maximum atomic E-state index is 12.3. The van der Waals surface area contributed by atoms with Gasteiger partial charge in [0.05, 0.1) is 11.5 Å². The Morgan fingerprint density at radius 3 is 2.90 bits per heavy atom. The van der Waals surface area contributed by atoms with Crippen molar-refractivity contribution < 1.29 is 9.53 Å². The summed E-state index contributed by atoms with van der Waals surface area (Å²) in [5.74, 6) is 0.0610. The molecule has 0 radical (unpaired) electrons. The molecule has 4 nitrogen and oxygen atoms in total. The van der Waals surface area contributed by atoms with E-state index in [1.165, 1.54) is 11.3 Å². The van der Waals surface area contributed by atoms with E-state index >= 15 is 0 Å². The molecule has 0 aliphatic carbocycles. The molecule has 0 bridgehead atoms. The van der Waals surface area contributed by atoms with Gasteiger partial charge < -0.3 is 15.4 Å². The van der Waals surface area contributed by atoms with Gasteiger partial charge in [0, 0.05) is 19.1 Å². The topological polar surface area (TPSA) is 50.4 Å². The van der Waals surface area contributed by atoms with Crippen molar-refractivity contribution in [2.45, 2.75) is 26.2 Å². The van der Waals surface area contributed by atoms with Crippen molar-refractivity contribution in [1.82, 2.24) is 10.6 Å². The van der Waals surface area contributed by atoms with Crippen LogP contribution < -0.4 is 10.6 Å². The summed E-state index contributed by atoms with van der Waals surface area (Å²) < 4.78 is 5.38. The van der Waals surface area contributed by atoms with Crippen molar-refractivity contribution >= 4 is 17.2 Å². The van der Waals surface area contributed by atoms with Gasteiger partial charge in [0.2, 0.25) is 0 Å². The molecule has 1 aromatic heterocycles. The Morgan fingerprint density at radius 2 is 2.25 bits per heavy atom. The Hall–Kier alpha value is -0.910. The van der Waals surface area contributed by atoms with E-state index in [1.807, 2.05) is 11.4 Å². The van der Waals surface area contributed by atoms with Gasteiger partial charge in [-0.25, -0.2) is 0 Å². The minimum absolute atomic E-state index is 0.0610. The van der Waals surface area contributed by atoms with Gasteiger partial charge in [-0.15, -0.1) is 11.3 Å². The lowest BCUT2D eigenvalue weighted by Crippen LogP contribution is -2.47. The molecule has 2 rings (SSSR count). The van der Waals surface area contributed by atoms with Crippen LogP contribution in [0.25, 0.3) is 0 Å². The molecule has 1 fully saturated rings. The van der Waals surface area contributed by atoms with Gasteiger partial charge in [0.1, 0.15) is 0 Å². The Bertz CT molecular complexity index is 433. The van der Waals surface area contributed by atoms with Crippen LogP contribution in [-0.2, 0) is 11.2 Å². The van der Waals surface area contributed by atoms with Crippen LogP contribution in [0.4, 0.5) is 0 Å². The Labute approximate surface area is 124 Å². The summed E-state index contributed by atoms with van der Waals surface area (Å²) >= 11 is 1.53. The van der Waals surface area contributed by atoms with E-state index in [1.54, 1.807) is 7.11 Å². The zero-order valence-electron chi connectivity index (χ0n) is 12.3. The van der Waals surface area contributed by atoms with Crippen LogP contribution in [0, 0.1) is 5.41 Å². The molecule has 1 aliphatic heterocycles. The SMILES string of the molecule is CCc1ccsc1C(=O)NCC1(COC)CCNCC1. The van der Waals surface area contributed by atoms with E-state index < -0.39 is 0 Å². The normalized spacial score (nSPS) is 17.9. The average Bonchev–Trinajstić information content (AvgIpc) is 2.95. The number of amides is 1. The summed E-state index contributed by atoms with van der Waals surface area (Å²) in [6.45, 7) is 5.48. The van der Waals surface area contributed by atoms with E-state index in [2.05, 4.69) is 17.6 Å². The first-order valence-corrected chi connectivity index (χ1v) is 8.13. The second kappa shape index (κ2) is 7.20. The standard InChI is InChI=1S/C15H24N2O2S/c1-3-12-4-9-20-13(12)14(18)17-10-15(11-19-2)5-7-16-8-6-15/h4,9,16H,3,5-8,10-11H2,1-2H3,(H,17,18). The van der Waals surface area contributed by atoms with E-state index in [-0.39, 0.29) is 11.3 Å². The Balaban J connectivity index is 1.97. The highest BCUT2D eigenvalue weighted by atomic mass is 32.1. The van der Waals surface area contributed by atoms with Gasteiger partial charge >= 0.3 is 0 Å². The number of hydrogen-bond acceptors (Lipinski definition) is 4. The summed E-state index contributed by atoms with van der Waals surface area (Å²) in [5, 5.41) is 8.47. The van der Waals surface area contributed by atoms with E-state index in [4.69, 9.17) is 4.74 Å². The molecule has 2 heterocycles. The quantitative estimate of drug-likeness (QED) is 0.845. The molecule has 0 atom stereocenters. The van der Waals surface area contributed by atoms with Gasteiger partial charge in [-0.3, -0.25) is 4.79 Å². The van der Waals surface area contributed by atoms with Crippen molar-refractivity contribution in [2.75, 3.05) is 33.4 Å². The Kier molecular flexibility index (Phi) is 5.57. The number of aryl methyl sites for hydroxylation is 1. The third kappa shape index (κ3) is 3.59. The predicted molar refractivity (Wildman–Crippen MR) is 82.4 cm³/mol. The van der Waals surface area contributed by atoms with Gasteiger partial charge in [0.15, 0.2) is 0 Å². The van der Waals surface area contributed by atoms with Crippen molar-refractivity contribution in [3.63, 3.8) is 0 Å². The molecule has 1 amide bonds. The lowest BCUT2D eigenvalue weighted by molar-refractivity contribution is 0.0512. The average molecular weight is 296 g/mol. The number of rotatable bonds is 6. The van der Waals surface area contributed by atoms with Crippen LogP contribution in [-0.4, -0.2) is 39.3 Å². The zero-order chi connectivity index (χ0) is 14.4. The van der Waals surface area contributed by atoms with Crippen molar-refractivity contribution in [3.8, 4) is 0 Å². The summed E-state index contributed by atoms with van der Waals surface area (Å²) in [5.41, 5.74) is 1.22. The Morgan fingerprint density at radius 1 is 1.50 bits per heavy atom. The molecule has 0 aromatic carbocycles. The van der Waals surface area contributed by atoms with Crippen molar-refractivity contribution in [3.05, 3.63) is 21.9 Å². The molecule has 1 aromatic rings. The van der Waals surface area contributed by atoms with Gasteiger partial charge in [-0.1, -0.05) is 6.92 Å². The highest BCUT2D eigenvalue weighted by molar-refractivity contribution is 7.12. The highest BCUT2D eigenvalue weighted by Gasteiger charge is 2.32. The number of thiophene rings is 1. The first-order chi connectivity index (χ1) is 9.71. The summed E-state index contributed by atoms with van der Waals surface area (Å²) in [6, 6.07) is 2.04. The summed E-state index contributed by atoms with van der Waals surface area (Å²) in [4.78, 5) is 13.2. The van der Waals surface area contributed by atoms with E-state index in [0.717, 1.165) is 42.8 Å². The van der Waals surface area contributed by atoms with Crippen LogP contribution in [0.5, 0.6) is 0 Å². The molecule has 1 saturated heterocycles. The first kappa shape index (κ1) is 15.5. The number of hydrogen-bond donors (Lipinski definition) is 2. The molecule has 1 aliphatic rings. The predicted octanol–water partition coefficient (Wildman–Crippen LogP) is 2.06. The van der Waals surface area contributed by atoms with Gasteiger partial charge in [-0.2, -0.15) is 0 Å². The van der Waals surface area contributed by atoms with Crippen LogP contribution >= 0.6 is 11.3 Å². The summed E-state index contributed by atoms with van der Waals surface area (Å²) in [6.07, 6.45) is 3.00. The molecule has 0 saturated carbocycles. The number of methoxy groups -OCH3 is 1. The number of carbonyl (C=O) groups is 1. The maximum Gasteiger partial charge on any atom is 0.261 e. The fourth-order valence-corrected chi connectivity index (χ4v) is 3.71. The molecular weight excluding hydrogens is 272 g/mol. The lowest BCUT2D eigenvalue weighted by atomic mass is 9.79. The highest BCUT2D eigenvalue weighted by Crippen LogP contribution is 2.28. The fourth-order valence-electron chi connectivity index (χ4n) is 2.80. The largest absolute Gasteiger partial charge is 0.384 e.